The van der Waals surface area contributed by atoms with Crippen molar-refractivity contribution in [3.63, 3.8) is 0 Å². The van der Waals surface area contributed by atoms with Gasteiger partial charge in [0.25, 0.3) is 0 Å². The van der Waals surface area contributed by atoms with E-state index in [-0.39, 0.29) is 5.96 Å². The van der Waals surface area contributed by atoms with Gasteiger partial charge in [0.05, 0.1) is 12.4 Å². The minimum Gasteiger partial charge on any atom is -0.486 e. The molecule has 4 N–H and O–H groups in total. The highest BCUT2D eigenvalue weighted by atomic mass is 16.5. The highest BCUT2D eigenvalue weighted by Gasteiger charge is 1.87. The lowest BCUT2D eigenvalue weighted by Gasteiger charge is -1.99. The van der Waals surface area contributed by atoms with Gasteiger partial charge in [-0.25, -0.2) is 0 Å². The SMILES string of the molecule is NC(N)=N/N=C/COc1cccnc1. The van der Waals surface area contributed by atoms with Crippen LogP contribution in [0.3, 0.4) is 0 Å². The van der Waals surface area contributed by atoms with E-state index in [0.29, 0.717) is 12.4 Å². The van der Waals surface area contributed by atoms with Gasteiger partial charge in [-0.15, -0.1) is 5.10 Å². The number of rotatable bonds is 4. The third-order valence-corrected chi connectivity index (χ3v) is 1.21. The number of pyridine rings is 1. The predicted molar refractivity (Wildman–Crippen MR) is 54.0 cm³/mol. The van der Waals surface area contributed by atoms with E-state index in [1.807, 2.05) is 0 Å². The fourth-order valence-electron chi connectivity index (χ4n) is 0.707. The van der Waals surface area contributed by atoms with Crippen molar-refractivity contribution in [3.05, 3.63) is 24.5 Å². The molecule has 1 aromatic rings. The summed E-state index contributed by atoms with van der Waals surface area (Å²) in [5.74, 6) is 0.589. The van der Waals surface area contributed by atoms with Crippen LogP contribution in [0, 0.1) is 0 Å². The Morgan fingerprint density at radius 1 is 1.57 bits per heavy atom. The molecule has 14 heavy (non-hydrogen) atoms. The molecule has 6 nitrogen and oxygen atoms in total. The van der Waals surface area contributed by atoms with Crippen LogP contribution in [0.2, 0.25) is 0 Å². The first-order valence-electron chi connectivity index (χ1n) is 3.92. The fraction of sp³-hybridized carbons (Fsp3) is 0.125. The zero-order valence-corrected chi connectivity index (χ0v) is 7.50. The molecule has 0 aromatic carbocycles. The molecule has 0 saturated heterocycles. The minimum atomic E-state index is -0.0809. The van der Waals surface area contributed by atoms with Gasteiger partial charge in [-0.2, -0.15) is 5.10 Å². The second-order valence-electron chi connectivity index (χ2n) is 2.32. The Kier molecular flexibility index (Phi) is 3.93. The van der Waals surface area contributed by atoms with Crippen molar-refractivity contribution >= 4 is 12.2 Å². The Hall–Kier alpha value is -2.11. The number of hydrogen-bond donors (Lipinski definition) is 2. The maximum Gasteiger partial charge on any atom is 0.211 e. The average Bonchev–Trinajstić information content (AvgIpc) is 2.18. The molecule has 0 radical (unpaired) electrons. The number of aromatic nitrogens is 1. The summed E-state index contributed by atoms with van der Waals surface area (Å²) in [5, 5.41) is 6.96. The zero-order chi connectivity index (χ0) is 10.2. The van der Waals surface area contributed by atoms with Crippen LogP contribution >= 0.6 is 0 Å². The third-order valence-electron chi connectivity index (χ3n) is 1.21. The lowest BCUT2D eigenvalue weighted by Crippen LogP contribution is -2.21. The number of nitrogens with zero attached hydrogens (tertiary/aromatic N) is 3. The van der Waals surface area contributed by atoms with Gasteiger partial charge in [0.15, 0.2) is 0 Å². The molecule has 1 heterocycles. The van der Waals surface area contributed by atoms with Gasteiger partial charge in [-0.1, -0.05) is 0 Å². The van der Waals surface area contributed by atoms with Crippen LogP contribution in [0.5, 0.6) is 5.75 Å². The van der Waals surface area contributed by atoms with Crippen LogP contribution in [0.4, 0.5) is 0 Å². The molecule has 0 aliphatic rings. The Bertz CT molecular complexity index is 318. The summed E-state index contributed by atoms with van der Waals surface area (Å²) in [6.45, 7) is 0.294. The van der Waals surface area contributed by atoms with Crippen molar-refractivity contribution < 1.29 is 4.74 Å². The molecular formula is C8H11N5O. The van der Waals surface area contributed by atoms with Crippen LogP contribution in [0.1, 0.15) is 0 Å². The van der Waals surface area contributed by atoms with Gasteiger partial charge >= 0.3 is 0 Å². The summed E-state index contributed by atoms with van der Waals surface area (Å²) in [6.07, 6.45) is 4.72. The van der Waals surface area contributed by atoms with Crippen molar-refractivity contribution in [1.82, 2.24) is 4.98 Å². The van der Waals surface area contributed by atoms with Crippen molar-refractivity contribution in [2.45, 2.75) is 0 Å². The lowest BCUT2D eigenvalue weighted by atomic mass is 10.5. The third kappa shape index (κ3) is 4.05. The van der Waals surface area contributed by atoms with Crippen LogP contribution in [-0.2, 0) is 0 Å². The molecule has 1 rings (SSSR count). The van der Waals surface area contributed by atoms with Gasteiger partial charge in [0.2, 0.25) is 5.96 Å². The molecule has 0 aliphatic heterocycles. The summed E-state index contributed by atoms with van der Waals surface area (Å²) >= 11 is 0. The fourth-order valence-corrected chi connectivity index (χ4v) is 0.707. The van der Waals surface area contributed by atoms with Crippen molar-refractivity contribution in [1.29, 1.82) is 0 Å². The van der Waals surface area contributed by atoms with E-state index in [9.17, 15) is 0 Å². The van der Waals surface area contributed by atoms with Crippen LogP contribution in [0.25, 0.3) is 0 Å². The van der Waals surface area contributed by atoms with E-state index in [4.69, 9.17) is 16.2 Å². The maximum absolute atomic E-state index is 5.23. The van der Waals surface area contributed by atoms with E-state index in [1.54, 1.807) is 24.5 Å². The molecular weight excluding hydrogens is 182 g/mol. The molecule has 0 amide bonds. The smallest absolute Gasteiger partial charge is 0.211 e. The van der Waals surface area contributed by atoms with Gasteiger partial charge in [0, 0.05) is 6.20 Å². The summed E-state index contributed by atoms with van der Waals surface area (Å²) in [4.78, 5) is 3.87. The van der Waals surface area contributed by atoms with E-state index in [1.165, 1.54) is 6.21 Å². The Balaban J connectivity index is 2.29. The van der Waals surface area contributed by atoms with E-state index in [0.717, 1.165) is 0 Å². The highest BCUT2D eigenvalue weighted by Crippen LogP contribution is 2.04. The Morgan fingerprint density at radius 3 is 3.07 bits per heavy atom. The highest BCUT2D eigenvalue weighted by molar-refractivity contribution is 5.76. The van der Waals surface area contributed by atoms with E-state index in [2.05, 4.69) is 15.2 Å². The zero-order valence-electron chi connectivity index (χ0n) is 7.50. The van der Waals surface area contributed by atoms with Gasteiger partial charge in [-0.05, 0) is 12.1 Å². The van der Waals surface area contributed by atoms with E-state index < -0.39 is 0 Å². The van der Waals surface area contributed by atoms with Crippen molar-refractivity contribution in [3.8, 4) is 5.75 Å². The molecule has 1 aromatic heterocycles. The molecule has 0 saturated carbocycles. The molecule has 0 aliphatic carbocycles. The van der Waals surface area contributed by atoms with Crippen LogP contribution in [-0.4, -0.2) is 23.8 Å². The summed E-state index contributed by atoms with van der Waals surface area (Å²) in [7, 11) is 0. The normalized spacial score (nSPS) is 10.0. The van der Waals surface area contributed by atoms with Crippen LogP contribution in [0.15, 0.2) is 34.7 Å². The minimum absolute atomic E-state index is 0.0809. The topological polar surface area (TPSA) is 98.9 Å². The first kappa shape index (κ1) is 9.97. The van der Waals surface area contributed by atoms with Crippen molar-refractivity contribution in [2.24, 2.45) is 21.7 Å². The monoisotopic (exact) mass is 193 g/mol. The first-order valence-corrected chi connectivity index (χ1v) is 3.92. The number of ether oxygens (including phenoxy) is 1. The predicted octanol–water partition coefficient (Wildman–Crippen LogP) is -0.280. The Morgan fingerprint density at radius 2 is 2.43 bits per heavy atom. The summed E-state index contributed by atoms with van der Waals surface area (Å²) < 4.78 is 5.23. The van der Waals surface area contributed by atoms with Crippen molar-refractivity contribution in [2.75, 3.05) is 6.61 Å². The molecule has 74 valence electrons. The maximum atomic E-state index is 5.23. The largest absolute Gasteiger partial charge is 0.486 e. The number of nitrogens with two attached hydrogens (primary N) is 2. The lowest BCUT2D eigenvalue weighted by molar-refractivity contribution is 0.378. The Labute approximate surface area is 81.3 Å². The van der Waals surface area contributed by atoms with Crippen LogP contribution < -0.4 is 16.2 Å². The molecule has 0 spiro atoms. The van der Waals surface area contributed by atoms with E-state index >= 15 is 0 Å². The number of hydrogen-bond acceptors (Lipinski definition) is 4. The quantitative estimate of drug-likeness (QED) is 0.390. The van der Waals surface area contributed by atoms with Gasteiger partial charge in [0.1, 0.15) is 12.4 Å². The second kappa shape index (κ2) is 5.52. The van der Waals surface area contributed by atoms with Gasteiger partial charge < -0.3 is 16.2 Å². The molecule has 0 unspecified atom stereocenters. The van der Waals surface area contributed by atoms with Gasteiger partial charge in [-0.3, -0.25) is 4.98 Å². The second-order valence-corrected chi connectivity index (χ2v) is 2.32. The first-order chi connectivity index (χ1) is 6.79. The standard InChI is InChI=1S/C8H11N5O/c9-8(10)13-12-4-5-14-7-2-1-3-11-6-7/h1-4,6H,5H2,(H4,9,10,13)/b12-4+. The summed E-state index contributed by atoms with van der Waals surface area (Å²) in [6, 6.07) is 3.57. The molecule has 6 heteroatoms. The summed E-state index contributed by atoms with van der Waals surface area (Å²) in [5.41, 5.74) is 10.1. The number of guanidine groups is 1. The average molecular weight is 193 g/mol. The molecule has 0 atom stereocenters. The molecule has 0 fully saturated rings. The molecule has 0 bridgehead atoms.